The maximum absolute atomic E-state index is 13.6. The number of hydrogen-bond donors (Lipinski definition) is 2. The molecule has 0 aliphatic heterocycles. The highest BCUT2D eigenvalue weighted by atomic mass is 19.1. The third-order valence-electron chi connectivity index (χ3n) is 2.47. The Labute approximate surface area is 101 Å². The van der Waals surface area contributed by atoms with Crippen LogP contribution in [-0.2, 0) is 0 Å². The normalized spacial score (nSPS) is 10.4. The van der Waals surface area contributed by atoms with Crippen molar-refractivity contribution >= 4 is 5.97 Å². The predicted octanol–water partition coefficient (Wildman–Crippen LogP) is 2.67. The van der Waals surface area contributed by atoms with E-state index in [2.05, 4.69) is 4.98 Å². The van der Waals surface area contributed by atoms with Crippen LogP contribution in [0.2, 0.25) is 0 Å². The van der Waals surface area contributed by atoms with E-state index in [1.807, 2.05) is 0 Å². The van der Waals surface area contributed by atoms with Crippen molar-refractivity contribution in [2.45, 2.75) is 0 Å². The number of carboxylic acids is 1. The summed E-state index contributed by atoms with van der Waals surface area (Å²) in [5.41, 5.74) is 0.0874. The summed E-state index contributed by atoms with van der Waals surface area (Å²) in [5.74, 6) is -2.70. The zero-order chi connectivity index (χ0) is 13.3. The van der Waals surface area contributed by atoms with Crippen molar-refractivity contribution in [1.82, 2.24) is 4.98 Å². The summed E-state index contributed by atoms with van der Waals surface area (Å²) in [6.07, 6.45) is 1.19. The van der Waals surface area contributed by atoms with Crippen LogP contribution in [0.4, 0.5) is 8.78 Å². The van der Waals surface area contributed by atoms with Crippen LogP contribution in [0.15, 0.2) is 24.4 Å². The second-order valence-corrected chi connectivity index (χ2v) is 3.54. The minimum Gasteiger partial charge on any atom is -0.494 e. The van der Waals surface area contributed by atoms with E-state index in [-0.39, 0.29) is 22.6 Å². The van der Waals surface area contributed by atoms with Gasteiger partial charge in [0.2, 0.25) is 0 Å². The molecule has 2 N–H and O–H groups in total. The molecule has 0 atom stereocenters. The molecule has 2 rings (SSSR count). The lowest BCUT2D eigenvalue weighted by Gasteiger charge is -2.05. The fraction of sp³-hybridized carbons (Fsp3) is 0.0833. The van der Waals surface area contributed by atoms with Crippen molar-refractivity contribution in [3.05, 3.63) is 41.6 Å². The second-order valence-electron chi connectivity index (χ2n) is 3.54. The first-order valence-electron chi connectivity index (χ1n) is 4.98. The lowest BCUT2D eigenvalue weighted by Crippen LogP contribution is -1.98. The van der Waals surface area contributed by atoms with Gasteiger partial charge < -0.3 is 14.8 Å². The molecule has 18 heavy (non-hydrogen) atoms. The molecule has 0 amide bonds. The molecule has 0 saturated carbocycles. The Kier molecular flexibility index (Phi) is 3.01. The van der Waals surface area contributed by atoms with Crippen LogP contribution in [0.1, 0.15) is 10.4 Å². The third kappa shape index (κ3) is 1.92. The van der Waals surface area contributed by atoms with Crippen LogP contribution in [-0.4, -0.2) is 23.2 Å². The van der Waals surface area contributed by atoms with Gasteiger partial charge in [0.25, 0.3) is 0 Å². The molecule has 0 radical (unpaired) electrons. The Bertz CT molecular complexity index is 607. The van der Waals surface area contributed by atoms with Gasteiger partial charge in [-0.15, -0.1) is 0 Å². The van der Waals surface area contributed by atoms with Gasteiger partial charge in [-0.3, -0.25) is 0 Å². The molecule has 0 spiro atoms. The summed E-state index contributed by atoms with van der Waals surface area (Å²) in [7, 11) is 1.28. The molecule has 0 bridgehead atoms. The average molecular weight is 253 g/mol. The number of methoxy groups -OCH3 is 1. The fourth-order valence-electron chi connectivity index (χ4n) is 1.67. The molecule has 1 aromatic carbocycles. The molecule has 4 nitrogen and oxygen atoms in total. The summed E-state index contributed by atoms with van der Waals surface area (Å²) in [5, 5.41) is 8.92. The highest BCUT2D eigenvalue weighted by Gasteiger charge is 2.20. The van der Waals surface area contributed by atoms with Gasteiger partial charge in [-0.05, 0) is 12.1 Å². The standard InChI is InChI=1S/C12H9F2NO3/c1-18-11-8(12(16)17)5-15-10(11)7-3-2-6(13)4-9(7)14/h2-5,15H,1H3,(H,16,17). The summed E-state index contributed by atoms with van der Waals surface area (Å²) in [4.78, 5) is 13.5. The number of ether oxygens (including phenoxy) is 1. The molecule has 6 heteroatoms. The molecule has 0 saturated heterocycles. The van der Waals surface area contributed by atoms with Gasteiger partial charge >= 0.3 is 5.97 Å². The van der Waals surface area contributed by atoms with Crippen molar-refractivity contribution in [3.63, 3.8) is 0 Å². The lowest BCUT2D eigenvalue weighted by molar-refractivity contribution is 0.0694. The van der Waals surface area contributed by atoms with Gasteiger partial charge in [-0.1, -0.05) is 0 Å². The molecule has 0 fully saturated rings. The first kappa shape index (κ1) is 12.1. The van der Waals surface area contributed by atoms with Crippen molar-refractivity contribution in [3.8, 4) is 17.0 Å². The van der Waals surface area contributed by atoms with Crippen molar-refractivity contribution in [2.24, 2.45) is 0 Å². The number of halogens is 2. The molecular weight excluding hydrogens is 244 g/mol. The summed E-state index contributed by atoms with van der Waals surface area (Å²) in [6, 6.07) is 3.01. The monoisotopic (exact) mass is 253 g/mol. The number of nitrogens with one attached hydrogen (secondary N) is 1. The van der Waals surface area contributed by atoms with Crippen LogP contribution < -0.4 is 4.74 Å². The number of hydrogen-bond acceptors (Lipinski definition) is 2. The van der Waals surface area contributed by atoms with Gasteiger partial charge in [0.15, 0.2) is 5.75 Å². The van der Waals surface area contributed by atoms with Gasteiger partial charge in [-0.2, -0.15) is 0 Å². The average Bonchev–Trinajstić information content (AvgIpc) is 2.72. The molecule has 94 valence electrons. The number of aromatic carboxylic acids is 1. The number of H-pyrrole nitrogens is 1. The largest absolute Gasteiger partial charge is 0.494 e. The fourth-order valence-corrected chi connectivity index (χ4v) is 1.67. The van der Waals surface area contributed by atoms with Gasteiger partial charge in [0, 0.05) is 17.8 Å². The zero-order valence-corrected chi connectivity index (χ0v) is 9.33. The molecule has 0 unspecified atom stereocenters. The first-order valence-corrected chi connectivity index (χ1v) is 4.98. The quantitative estimate of drug-likeness (QED) is 0.883. The van der Waals surface area contributed by atoms with E-state index in [4.69, 9.17) is 9.84 Å². The maximum atomic E-state index is 13.6. The Morgan fingerprint density at radius 1 is 1.39 bits per heavy atom. The molecule has 1 heterocycles. The van der Waals surface area contributed by atoms with E-state index in [0.717, 1.165) is 12.1 Å². The lowest BCUT2D eigenvalue weighted by atomic mass is 10.1. The van der Waals surface area contributed by atoms with Crippen LogP contribution in [0.25, 0.3) is 11.3 Å². The highest BCUT2D eigenvalue weighted by Crippen LogP contribution is 2.34. The van der Waals surface area contributed by atoms with Crippen LogP contribution in [0, 0.1) is 11.6 Å². The zero-order valence-electron chi connectivity index (χ0n) is 9.33. The smallest absolute Gasteiger partial charge is 0.341 e. The van der Waals surface area contributed by atoms with Gasteiger partial charge in [-0.25, -0.2) is 13.6 Å². The second kappa shape index (κ2) is 4.48. The van der Waals surface area contributed by atoms with Crippen LogP contribution in [0.3, 0.4) is 0 Å². The number of aromatic amines is 1. The molecule has 1 aromatic heterocycles. The molecule has 0 aliphatic carbocycles. The number of benzene rings is 1. The van der Waals surface area contributed by atoms with Crippen molar-refractivity contribution in [2.75, 3.05) is 7.11 Å². The van der Waals surface area contributed by atoms with Gasteiger partial charge in [0.05, 0.1) is 12.8 Å². The number of carboxylic acid groups (broad SMARTS) is 1. The van der Waals surface area contributed by atoms with E-state index in [1.54, 1.807) is 0 Å². The minimum atomic E-state index is -1.20. The Hall–Kier alpha value is -2.37. The van der Waals surface area contributed by atoms with E-state index in [1.165, 1.54) is 19.4 Å². The topological polar surface area (TPSA) is 62.3 Å². The Morgan fingerprint density at radius 2 is 2.11 bits per heavy atom. The number of aromatic nitrogens is 1. The van der Waals surface area contributed by atoms with E-state index in [9.17, 15) is 13.6 Å². The van der Waals surface area contributed by atoms with Crippen LogP contribution in [0.5, 0.6) is 5.75 Å². The van der Waals surface area contributed by atoms with Gasteiger partial charge in [0.1, 0.15) is 17.2 Å². The summed E-state index contributed by atoms with van der Waals surface area (Å²) >= 11 is 0. The van der Waals surface area contributed by atoms with E-state index in [0.29, 0.717) is 0 Å². The Morgan fingerprint density at radius 3 is 2.67 bits per heavy atom. The Balaban J connectivity index is 2.60. The third-order valence-corrected chi connectivity index (χ3v) is 2.47. The van der Waals surface area contributed by atoms with Crippen LogP contribution >= 0.6 is 0 Å². The first-order chi connectivity index (χ1) is 8.54. The highest BCUT2D eigenvalue weighted by molar-refractivity contribution is 5.94. The van der Waals surface area contributed by atoms with Crippen molar-refractivity contribution < 1.29 is 23.4 Å². The molecule has 2 aromatic rings. The van der Waals surface area contributed by atoms with E-state index >= 15 is 0 Å². The minimum absolute atomic E-state index is 0.00741. The van der Waals surface area contributed by atoms with E-state index < -0.39 is 17.6 Å². The number of carbonyl (C=O) groups is 1. The number of rotatable bonds is 3. The SMILES string of the molecule is COc1c(C(=O)O)c[nH]c1-c1ccc(F)cc1F. The van der Waals surface area contributed by atoms with Crippen molar-refractivity contribution in [1.29, 1.82) is 0 Å². The molecule has 0 aliphatic rings. The summed E-state index contributed by atoms with van der Waals surface area (Å²) in [6.45, 7) is 0. The molecular formula is C12H9F2NO3. The predicted molar refractivity (Wildman–Crippen MR) is 59.7 cm³/mol. The maximum Gasteiger partial charge on any atom is 0.341 e. The summed E-state index contributed by atoms with van der Waals surface area (Å²) < 4.78 is 31.3.